The lowest BCUT2D eigenvalue weighted by molar-refractivity contribution is -0.388. The Morgan fingerprint density at radius 1 is 0.644 bits per heavy atom. The van der Waals surface area contributed by atoms with Crippen molar-refractivity contribution < 1.29 is 109 Å². The summed E-state index contributed by atoms with van der Waals surface area (Å²) >= 11 is 0. The van der Waals surface area contributed by atoms with Crippen LogP contribution in [-0.4, -0.2) is 227 Å². The fourth-order valence-electron chi connectivity index (χ4n) is 14.9. The maximum Gasteiger partial charge on any atom is 0.187 e. The van der Waals surface area contributed by atoms with Crippen molar-refractivity contribution in [2.45, 2.75) is 240 Å². The van der Waals surface area contributed by atoms with E-state index in [0.29, 0.717) is 43.4 Å². The predicted molar refractivity (Wildman–Crippen MR) is 249 cm³/mol. The molecule has 5 aliphatic heterocycles. The molecular formula is C51H84O22. The van der Waals surface area contributed by atoms with Gasteiger partial charge in [0, 0.05) is 12.3 Å². The van der Waals surface area contributed by atoms with E-state index in [1.807, 2.05) is 6.92 Å². The van der Waals surface area contributed by atoms with Gasteiger partial charge in [0.25, 0.3) is 0 Å². The molecule has 5 saturated heterocycles. The summed E-state index contributed by atoms with van der Waals surface area (Å²) in [5.41, 5.74) is 1.07. The van der Waals surface area contributed by atoms with Gasteiger partial charge < -0.3 is 109 Å². The molecule has 0 spiro atoms. The monoisotopic (exact) mass is 1050 g/mol. The predicted octanol–water partition coefficient (Wildman–Crippen LogP) is -1.98. The zero-order valence-electron chi connectivity index (χ0n) is 42.7. The van der Waals surface area contributed by atoms with Gasteiger partial charge >= 0.3 is 0 Å². The van der Waals surface area contributed by atoms with Gasteiger partial charge in [-0.2, -0.15) is 0 Å². The van der Waals surface area contributed by atoms with Gasteiger partial charge in [-0.3, -0.25) is 0 Å². The molecule has 9 rings (SSSR count). The minimum Gasteiger partial charge on any atom is -0.394 e. The highest BCUT2D eigenvalue weighted by molar-refractivity contribution is 5.26. The molecule has 420 valence electrons. The van der Waals surface area contributed by atoms with E-state index in [2.05, 4.69) is 26.8 Å². The number of aliphatic hydroxyl groups excluding tert-OH is 12. The van der Waals surface area contributed by atoms with E-state index in [4.69, 9.17) is 42.6 Å². The van der Waals surface area contributed by atoms with Gasteiger partial charge in [-0.15, -0.1) is 0 Å². The maximum absolute atomic E-state index is 12.1. The molecule has 5 heterocycles. The molecule has 4 aliphatic carbocycles. The second kappa shape index (κ2) is 21.8. The van der Waals surface area contributed by atoms with E-state index in [9.17, 15) is 66.4 Å². The fourth-order valence-corrected chi connectivity index (χ4v) is 14.9. The van der Waals surface area contributed by atoms with E-state index in [1.54, 1.807) is 0 Å². The van der Waals surface area contributed by atoms with Crippen LogP contribution in [0.2, 0.25) is 0 Å². The topological polar surface area (TPSA) is 346 Å². The van der Waals surface area contributed by atoms with Crippen molar-refractivity contribution in [1.82, 2.24) is 0 Å². The largest absolute Gasteiger partial charge is 0.394 e. The lowest BCUT2D eigenvalue weighted by atomic mass is 9.47. The molecule has 0 aromatic heterocycles. The lowest BCUT2D eigenvalue weighted by Crippen LogP contribution is -2.66. The number of hydrogen-bond acceptors (Lipinski definition) is 22. The van der Waals surface area contributed by atoms with Crippen LogP contribution in [0, 0.1) is 46.3 Å². The third-order valence-corrected chi connectivity index (χ3v) is 19.5. The van der Waals surface area contributed by atoms with E-state index in [1.165, 1.54) is 19.4 Å². The van der Waals surface area contributed by atoms with E-state index >= 15 is 0 Å². The van der Waals surface area contributed by atoms with Gasteiger partial charge in [0.1, 0.15) is 85.5 Å². The highest BCUT2D eigenvalue weighted by Gasteiger charge is 2.68. The van der Waals surface area contributed by atoms with Crippen LogP contribution in [0.15, 0.2) is 11.6 Å². The number of hydrogen-bond donors (Lipinski definition) is 13. The zero-order chi connectivity index (χ0) is 52.8. The Balaban J connectivity index is 0.846. The molecular weight excluding hydrogens is 965 g/mol. The molecule has 0 amide bonds. The first-order chi connectivity index (χ1) is 34.5. The zero-order valence-corrected chi connectivity index (χ0v) is 42.7. The molecule has 3 saturated carbocycles. The summed E-state index contributed by atoms with van der Waals surface area (Å²) in [6.07, 6.45) is -20.5. The Kier molecular flexibility index (Phi) is 16.9. The van der Waals surface area contributed by atoms with Crippen LogP contribution in [0.5, 0.6) is 0 Å². The van der Waals surface area contributed by atoms with Crippen molar-refractivity contribution in [1.29, 1.82) is 0 Å². The van der Waals surface area contributed by atoms with Crippen LogP contribution in [0.1, 0.15) is 99.3 Å². The molecule has 22 heteroatoms. The minimum absolute atomic E-state index is 0.0589. The molecule has 31 atom stereocenters. The van der Waals surface area contributed by atoms with E-state index in [-0.39, 0.29) is 41.3 Å². The van der Waals surface area contributed by atoms with Gasteiger partial charge in [0.2, 0.25) is 0 Å². The van der Waals surface area contributed by atoms with Crippen molar-refractivity contribution >= 4 is 0 Å². The molecule has 0 radical (unpaired) electrons. The summed E-state index contributed by atoms with van der Waals surface area (Å²) in [5.74, 6) is -0.232. The van der Waals surface area contributed by atoms with Crippen molar-refractivity contribution in [2.24, 2.45) is 46.3 Å². The van der Waals surface area contributed by atoms with E-state index < -0.39 is 148 Å². The summed E-state index contributed by atoms with van der Waals surface area (Å²) in [5, 5.41) is 139. The van der Waals surface area contributed by atoms with Gasteiger partial charge in [-0.1, -0.05) is 39.3 Å². The molecule has 0 aromatic rings. The summed E-state index contributed by atoms with van der Waals surface area (Å²) in [7, 11) is 0. The summed E-state index contributed by atoms with van der Waals surface area (Å²) < 4.78 is 54.6. The van der Waals surface area contributed by atoms with Crippen molar-refractivity contribution in [3.8, 4) is 0 Å². The first kappa shape index (κ1) is 56.6. The van der Waals surface area contributed by atoms with E-state index in [0.717, 1.165) is 32.1 Å². The number of allylic oxidation sites excluding steroid dienone is 1. The lowest BCUT2D eigenvalue weighted by Gasteiger charge is -2.58. The molecule has 73 heavy (non-hydrogen) atoms. The summed E-state index contributed by atoms with van der Waals surface area (Å²) in [4.78, 5) is 0. The molecule has 13 N–H and O–H groups in total. The number of fused-ring (bicyclic) bond motifs is 7. The van der Waals surface area contributed by atoms with Crippen LogP contribution < -0.4 is 0 Å². The first-order valence-corrected chi connectivity index (χ1v) is 26.8. The normalized spacial score (nSPS) is 55.5. The fraction of sp³-hybridized carbons (Fsp3) is 0.961. The molecule has 11 unspecified atom stereocenters. The smallest absolute Gasteiger partial charge is 0.187 e. The third kappa shape index (κ3) is 10.2. The Morgan fingerprint density at radius 2 is 1.23 bits per heavy atom. The third-order valence-electron chi connectivity index (χ3n) is 19.5. The van der Waals surface area contributed by atoms with Gasteiger partial charge in [0.05, 0.1) is 44.2 Å². The molecule has 0 bridgehead atoms. The Bertz CT molecular complexity index is 1900. The Labute approximate surface area is 426 Å². The Hall–Kier alpha value is -1.14. The highest BCUT2D eigenvalue weighted by atomic mass is 16.8. The molecule has 22 nitrogen and oxygen atoms in total. The van der Waals surface area contributed by atoms with Crippen LogP contribution in [0.25, 0.3) is 0 Å². The maximum atomic E-state index is 12.1. The quantitative estimate of drug-likeness (QED) is 0.0839. The minimum atomic E-state index is -1.75. The second-order valence-corrected chi connectivity index (χ2v) is 23.8. The first-order valence-electron chi connectivity index (χ1n) is 26.8. The summed E-state index contributed by atoms with van der Waals surface area (Å²) in [6, 6.07) is 0. The average molecular weight is 1050 g/mol. The SMILES string of the molecule is CC1O[C@@H](OC2[C@H](OC3CC[C@@]4(C)C(=CC[C@H]5[C@@H]6CC7OC(O)(CC[C@@H](C)CO[C@@H]8OC(CO)[C@@H](O)[C@H](O)C8O)[C@@H](C)[C@@H]7[C@@]6(C)CC[C@@H]54)C3)OC(CO)[C@@H](O[C@@H]3OC(C)[C@H](O)[C@H](O)C3O)[C@@H]2O)C(O)[C@@H](O)[C@H]1O. The van der Waals surface area contributed by atoms with Crippen LogP contribution in [-0.2, 0) is 42.6 Å². The van der Waals surface area contributed by atoms with Gasteiger partial charge in [-0.05, 0) is 106 Å². The summed E-state index contributed by atoms with van der Waals surface area (Å²) in [6.45, 7) is 10.7. The average Bonchev–Trinajstić information content (AvgIpc) is 3.80. The molecule has 8 fully saturated rings. The van der Waals surface area contributed by atoms with Crippen LogP contribution in [0.4, 0.5) is 0 Å². The van der Waals surface area contributed by atoms with Crippen LogP contribution in [0.3, 0.4) is 0 Å². The molecule has 9 aliphatic rings. The number of aliphatic hydroxyl groups is 13. The van der Waals surface area contributed by atoms with Crippen molar-refractivity contribution in [3.63, 3.8) is 0 Å². The number of rotatable bonds is 14. The van der Waals surface area contributed by atoms with Crippen molar-refractivity contribution in [3.05, 3.63) is 11.6 Å². The van der Waals surface area contributed by atoms with Gasteiger partial charge in [0.15, 0.2) is 30.9 Å². The highest BCUT2D eigenvalue weighted by Crippen LogP contribution is 2.70. The van der Waals surface area contributed by atoms with Crippen LogP contribution >= 0.6 is 0 Å². The van der Waals surface area contributed by atoms with Gasteiger partial charge in [-0.25, -0.2) is 0 Å². The standard InChI is InChI=1S/C51H84O22/c1-20(19-65-45-39(60)38(59)35(56)30(17-52)69-45)9-14-51(64)21(2)32-29(73-51)16-28-26-8-7-24-15-25(10-12-49(24,5)27(26)11-13-50(28,32)6)68-48-44(72-47-41(62)37(58)34(55)23(4)67-47)42(63)43(31(18-53)70-48)71-46-40(61)36(57)33(54)22(3)66-46/h7,20-23,25-48,52-64H,8-19H2,1-6H3/t20-,21+,22?,23?,25?,26-,27+,28+,29?,30?,31?,32+,33+,34+,35-,36+,37+,38+,39?,40?,41?,42+,43-,44?,45-,46+,47+,48-,49+,50+,51?/m1/s1. The molecule has 0 aromatic carbocycles. The second-order valence-electron chi connectivity index (χ2n) is 23.8. The van der Waals surface area contributed by atoms with Crippen molar-refractivity contribution in [2.75, 3.05) is 19.8 Å². The number of ether oxygens (including phenoxy) is 9. The Morgan fingerprint density at radius 3 is 1.86 bits per heavy atom.